The van der Waals surface area contributed by atoms with Crippen molar-refractivity contribution in [3.05, 3.63) is 28.0 Å². The average Bonchev–Trinajstić information content (AvgIpc) is 2.03. The molecule has 0 radical (unpaired) electrons. The van der Waals surface area contributed by atoms with Crippen molar-refractivity contribution >= 4 is 23.2 Å². The minimum atomic E-state index is -0.824. The molecule has 12 heavy (non-hydrogen) atoms. The van der Waals surface area contributed by atoms with Crippen LogP contribution in [0.4, 0.5) is 0 Å². The minimum absolute atomic E-state index is 0.0916. The van der Waals surface area contributed by atoms with Crippen molar-refractivity contribution < 1.29 is 5.11 Å². The summed E-state index contributed by atoms with van der Waals surface area (Å²) in [7, 11) is 0. The van der Waals surface area contributed by atoms with Gasteiger partial charge in [-0.3, -0.25) is 4.98 Å². The molecule has 1 heterocycles. The monoisotopic (exact) mass is 206 g/mol. The van der Waals surface area contributed by atoms with Crippen LogP contribution < -0.4 is 5.73 Å². The smallest absolute Gasteiger partial charge is 0.110 e. The van der Waals surface area contributed by atoms with E-state index in [4.69, 9.17) is 28.9 Å². The van der Waals surface area contributed by atoms with Crippen LogP contribution >= 0.6 is 23.2 Å². The van der Waals surface area contributed by atoms with Gasteiger partial charge in [0.1, 0.15) is 6.10 Å². The number of aliphatic hydroxyl groups excluding tert-OH is 1. The molecular weight excluding hydrogens is 199 g/mol. The van der Waals surface area contributed by atoms with Crippen molar-refractivity contribution in [1.29, 1.82) is 0 Å². The highest BCUT2D eigenvalue weighted by molar-refractivity contribution is 6.34. The number of aromatic nitrogens is 1. The van der Waals surface area contributed by atoms with Gasteiger partial charge in [0.05, 0.1) is 15.7 Å². The summed E-state index contributed by atoms with van der Waals surface area (Å²) in [5.41, 5.74) is 5.59. The van der Waals surface area contributed by atoms with E-state index < -0.39 is 6.10 Å². The van der Waals surface area contributed by atoms with Crippen molar-refractivity contribution in [2.24, 2.45) is 5.73 Å². The molecule has 1 aromatic heterocycles. The molecule has 5 heteroatoms. The van der Waals surface area contributed by atoms with Crippen LogP contribution in [-0.4, -0.2) is 16.6 Å². The summed E-state index contributed by atoms with van der Waals surface area (Å²) >= 11 is 11.3. The topological polar surface area (TPSA) is 59.1 Å². The van der Waals surface area contributed by atoms with Crippen molar-refractivity contribution in [1.82, 2.24) is 4.98 Å². The Morgan fingerprint density at radius 3 is 2.75 bits per heavy atom. The number of pyridine rings is 1. The van der Waals surface area contributed by atoms with Crippen LogP contribution in [0.2, 0.25) is 10.0 Å². The highest BCUT2D eigenvalue weighted by Gasteiger charge is 2.11. The minimum Gasteiger partial charge on any atom is -0.385 e. The third kappa shape index (κ3) is 2.08. The van der Waals surface area contributed by atoms with E-state index >= 15 is 0 Å². The number of hydrogen-bond donors (Lipinski definition) is 2. The van der Waals surface area contributed by atoms with Crippen LogP contribution in [0.15, 0.2) is 12.3 Å². The molecule has 1 aromatic rings. The van der Waals surface area contributed by atoms with E-state index in [0.29, 0.717) is 15.7 Å². The van der Waals surface area contributed by atoms with Crippen molar-refractivity contribution in [2.45, 2.75) is 6.10 Å². The molecule has 1 atom stereocenters. The Balaban J connectivity index is 3.01. The van der Waals surface area contributed by atoms with E-state index in [9.17, 15) is 5.11 Å². The van der Waals surface area contributed by atoms with Crippen LogP contribution in [0.25, 0.3) is 0 Å². The fourth-order valence-corrected chi connectivity index (χ4v) is 1.29. The summed E-state index contributed by atoms with van der Waals surface area (Å²) in [4.78, 5) is 3.85. The Labute approximate surface area is 80.1 Å². The quantitative estimate of drug-likeness (QED) is 0.770. The number of rotatable bonds is 2. The molecule has 1 rings (SSSR count). The Morgan fingerprint density at radius 2 is 2.25 bits per heavy atom. The standard InChI is InChI=1S/C7H8Cl2N2O/c8-4-1-5(9)7(11-3-4)6(12)2-10/h1,3,6,12H,2,10H2. The molecule has 1 unspecified atom stereocenters. The van der Waals surface area contributed by atoms with Gasteiger partial charge in [0.25, 0.3) is 0 Å². The van der Waals surface area contributed by atoms with Gasteiger partial charge < -0.3 is 10.8 Å². The molecule has 66 valence electrons. The third-order valence-corrected chi connectivity index (χ3v) is 1.88. The Morgan fingerprint density at radius 1 is 1.58 bits per heavy atom. The van der Waals surface area contributed by atoms with Gasteiger partial charge in [-0.05, 0) is 6.07 Å². The lowest BCUT2D eigenvalue weighted by atomic mass is 10.2. The maximum Gasteiger partial charge on any atom is 0.110 e. The van der Waals surface area contributed by atoms with Gasteiger partial charge >= 0.3 is 0 Å². The fourth-order valence-electron chi connectivity index (χ4n) is 0.782. The molecule has 0 aliphatic carbocycles. The lowest BCUT2D eigenvalue weighted by molar-refractivity contribution is 0.182. The molecule has 3 nitrogen and oxygen atoms in total. The molecule has 0 aromatic carbocycles. The fraction of sp³-hybridized carbons (Fsp3) is 0.286. The molecular formula is C7H8Cl2N2O. The van der Waals surface area contributed by atoms with E-state index in [1.54, 1.807) is 0 Å². The number of aliphatic hydroxyl groups is 1. The second kappa shape index (κ2) is 4.05. The largest absolute Gasteiger partial charge is 0.385 e. The average molecular weight is 207 g/mol. The van der Waals surface area contributed by atoms with E-state index in [0.717, 1.165) is 0 Å². The molecule has 0 aliphatic rings. The van der Waals surface area contributed by atoms with Gasteiger partial charge in [0.2, 0.25) is 0 Å². The second-order valence-corrected chi connectivity index (χ2v) is 3.12. The first-order valence-corrected chi connectivity index (χ1v) is 4.10. The molecule has 0 spiro atoms. The molecule has 0 amide bonds. The zero-order chi connectivity index (χ0) is 9.14. The first-order valence-electron chi connectivity index (χ1n) is 3.34. The molecule has 3 N–H and O–H groups in total. The maximum absolute atomic E-state index is 9.29. The zero-order valence-corrected chi connectivity index (χ0v) is 7.68. The lowest BCUT2D eigenvalue weighted by Crippen LogP contribution is -2.13. The molecule has 0 saturated heterocycles. The van der Waals surface area contributed by atoms with Crippen LogP contribution in [0.1, 0.15) is 11.8 Å². The van der Waals surface area contributed by atoms with E-state index in [1.807, 2.05) is 0 Å². The van der Waals surface area contributed by atoms with Gasteiger partial charge in [-0.1, -0.05) is 23.2 Å². The number of nitrogens with two attached hydrogens (primary N) is 1. The van der Waals surface area contributed by atoms with Gasteiger partial charge in [-0.15, -0.1) is 0 Å². The summed E-state index contributed by atoms with van der Waals surface area (Å²) in [6.07, 6.45) is 0.594. The van der Waals surface area contributed by atoms with Crippen molar-refractivity contribution in [2.75, 3.05) is 6.54 Å². The third-order valence-electron chi connectivity index (χ3n) is 1.38. The predicted molar refractivity (Wildman–Crippen MR) is 48.3 cm³/mol. The molecule has 0 bridgehead atoms. The van der Waals surface area contributed by atoms with Crippen LogP contribution in [0.3, 0.4) is 0 Å². The first-order chi connectivity index (χ1) is 5.65. The van der Waals surface area contributed by atoms with E-state index in [2.05, 4.69) is 4.98 Å². The van der Waals surface area contributed by atoms with Crippen molar-refractivity contribution in [3.63, 3.8) is 0 Å². The normalized spacial score (nSPS) is 13.0. The predicted octanol–water partition coefficient (Wildman–Crippen LogP) is 1.38. The maximum atomic E-state index is 9.29. The van der Waals surface area contributed by atoms with Gasteiger partial charge in [0, 0.05) is 12.7 Å². The molecule has 0 saturated carbocycles. The summed E-state index contributed by atoms with van der Waals surface area (Å²) < 4.78 is 0. The van der Waals surface area contributed by atoms with E-state index in [-0.39, 0.29) is 6.54 Å². The lowest BCUT2D eigenvalue weighted by Gasteiger charge is -2.08. The van der Waals surface area contributed by atoms with Crippen LogP contribution in [0, 0.1) is 0 Å². The number of halogens is 2. The van der Waals surface area contributed by atoms with Crippen LogP contribution in [-0.2, 0) is 0 Å². The zero-order valence-electron chi connectivity index (χ0n) is 6.17. The summed E-state index contributed by atoms with van der Waals surface area (Å²) in [6, 6.07) is 1.52. The highest BCUT2D eigenvalue weighted by Crippen LogP contribution is 2.22. The number of nitrogens with zero attached hydrogens (tertiary/aromatic N) is 1. The van der Waals surface area contributed by atoms with Gasteiger partial charge in [-0.25, -0.2) is 0 Å². The SMILES string of the molecule is NCC(O)c1ncc(Cl)cc1Cl. The van der Waals surface area contributed by atoms with E-state index in [1.165, 1.54) is 12.3 Å². The van der Waals surface area contributed by atoms with Crippen molar-refractivity contribution in [3.8, 4) is 0 Å². The Kier molecular flexibility index (Phi) is 3.29. The Bertz CT molecular complexity index is 280. The Hall–Kier alpha value is -0.350. The first kappa shape index (κ1) is 9.74. The molecule has 0 fully saturated rings. The van der Waals surface area contributed by atoms with Gasteiger partial charge in [-0.2, -0.15) is 0 Å². The molecule has 0 aliphatic heterocycles. The highest BCUT2D eigenvalue weighted by atomic mass is 35.5. The summed E-state index contributed by atoms with van der Waals surface area (Å²) in [5.74, 6) is 0. The second-order valence-electron chi connectivity index (χ2n) is 2.27. The van der Waals surface area contributed by atoms with Crippen LogP contribution in [0.5, 0.6) is 0 Å². The van der Waals surface area contributed by atoms with Gasteiger partial charge in [0.15, 0.2) is 0 Å². The summed E-state index contributed by atoms with van der Waals surface area (Å²) in [6.45, 7) is 0.0916. The number of hydrogen-bond acceptors (Lipinski definition) is 3. The summed E-state index contributed by atoms with van der Waals surface area (Å²) in [5, 5.41) is 10.1.